The van der Waals surface area contributed by atoms with Gasteiger partial charge in [0.25, 0.3) is 5.91 Å². The second-order valence-corrected chi connectivity index (χ2v) is 11.5. The van der Waals surface area contributed by atoms with Crippen LogP contribution < -0.4 is 15.4 Å². The standard InChI is InChI=1S/C33H38N6O5/c1-37(2)20-31(41)38-12-11-35-33(43)26-14-25(17-34-18-26)24-9-6-10-29(15-24)44-22-28-16-27(19-39(28)32(42)21-38)36-30(40)13-23-7-4-3-5-8-23/h3-10,14-15,17-18,27-28H,11-13,16,19-22H2,1-2H3,(H,35,43)(H,36,40)/t27-,28+/m1/s1. The van der Waals surface area contributed by atoms with Crippen LogP contribution in [0.15, 0.2) is 73.1 Å². The molecule has 2 atom stereocenters. The van der Waals surface area contributed by atoms with Crippen LogP contribution in [0.1, 0.15) is 22.3 Å². The number of nitrogens with zero attached hydrogens (tertiary/aromatic N) is 4. The van der Waals surface area contributed by atoms with Crippen LogP contribution in [0.5, 0.6) is 5.75 Å². The third-order valence-corrected chi connectivity index (χ3v) is 7.72. The molecule has 2 aromatic carbocycles. The van der Waals surface area contributed by atoms with Crippen LogP contribution in [0.25, 0.3) is 11.1 Å². The Bertz CT molecular complexity index is 1500. The monoisotopic (exact) mass is 598 g/mol. The van der Waals surface area contributed by atoms with Crippen molar-refractivity contribution >= 4 is 23.6 Å². The Kier molecular flexibility index (Phi) is 9.86. The maximum absolute atomic E-state index is 13.8. The third kappa shape index (κ3) is 7.99. The molecule has 11 nitrogen and oxygen atoms in total. The fourth-order valence-electron chi connectivity index (χ4n) is 5.55. The lowest BCUT2D eigenvalue weighted by atomic mass is 10.1. The zero-order valence-corrected chi connectivity index (χ0v) is 25.1. The first kappa shape index (κ1) is 30.7. The molecule has 1 aromatic heterocycles. The molecular weight excluding hydrogens is 560 g/mol. The van der Waals surface area contributed by atoms with E-state index in [-0.39, 0.29) is 74.9 Å². The molecule has 2 aliphatic heterocycles. The first-order valence-electron chi connectivity index (χ1n) is 14.8. The van der Waals surface area contributed by atoms with Crippen LogP contribution in [0.2, 0.25) is 0 Å². The molecule has 4 bridgehead atoms. The summed E-state index contributed by atoms with van der Waals surface area (Å²) in [7, 11) is 3.57. The minimum atomic E-state index is -0.323. The SMILES string of the molecule is CN(C)CC(=O)N1CCNC(=O)c2cncc(c2)-c2cccc(c2)OC[C@@H]2C[C@@H](NC(=O)Cc3ccccc3)CN2C(=O)C1. The number of carbonyl (C=O) groups is 4. The highest BCUT2D eigenvalue weighted by Crippen LogP contribution is 2.26. The van der Waals surface area contributed by atoms with Gasteiger partial charge in [-0.3, -0.25) is 24.2 Å². The fraction of sp³-hybridized carbons (Fsp3) is 0.364. The molecule has 1 saturated heterocycles. The van der Waals surface area contributed by atoms with Crippen molar-refractivity contribution in [2.75, 3.05) is 53.4 Å². The molecular formula is C33H38N6O5. The van der Waals surface area contributed by atoms with Gasteiger partial charge in [-0.2, -0.15) is 0 Å². The van der Waals surface area contributed by atoms with Gasteiger partial charge in [-0.05, 0) is 49.8 Å². The normalized spacial score (nSPS) is 19.1. The highest BCUT2D eigenvalue weighted by atomic mass is 16.5. The lowest BCUT2D eigenvalue weighted by molar-refractivity contribution is -0.141. The number of pyridine rings is 1. The van der Waals surface area contributed by atoms with Crippen molar-refractivity contribution in [2.24, 2.45) is 0 Å². The van der Waals surface area contributed by atoms with Gasteiger partial charge in [-0.15, -0.1) is 0 Å². The summed E-state index contributed by atoms with van der Waals surface area (Å²) in [5.74, 6) is -0.308. The number of fused-ring (bicyclic) bond motifs is 6. The zero-order valence-electron chi connectivity index (χ0n) is 25.1. The number of benzene rings is 2. The van der Waals surface area contributed by atoms with Crippen molar-refractivity contribution < 1.29 is 23.9 Å². The predicted octanol–water partition coefficient (Wildman–Crippen LogP) is 1.59. The van der Waals surface area contributed by atoms with Gasteiger partial charge in [0.2, 0.25) is 17.7 Å². The minimum absolute atomic E-state index is 0.119. The van der Waals surface area contributed by atoms with E-state index in [1.165, 1.54) is 11.1 Å². The first-order valence-corrected chi connectivity index (χ1v) is 14.8. The maximum atomic E-state index is 13.8. The van der Waals surface area contributed by atoms with Crippen molar-refractivity contribution in [3.8, 4) is 16.9 Å². The smallest absolute Gasteiger partial charge is 0.252 e. The summed E-state index contributed by atoms with van der Waals surface area (Å²) in [5, 5.41) is 5.95. The van der Waals surface area contributed by atoms with E-state index in [9.17, 15) is 19.2 Å². The van der Waals surface area contributed by atoms with Crippen molar-refractivity contribution in [3.63, 3.8) is 0 Å². The number of likely N-dealkylation sites (N-methyl/N-ethyl adjacent to an activating group) is 1. The van der Waals surface area contributed by atoms with E-state index >= 15 is 0 Å². The molecule has 0 saturated carbocycles. The quantitative estimate of drug-likeness (QED) is 0.457. The van der Waals surface area contributed by atoms with Gasteiger partial charge in [0.15, 0.2) is 0 Å². The Hall–Kier alpha value is -4.77. The van der Waals surface area contributed by atoms with Crippen molar-refractivity contribution in [2.45, 2.75) is 24.9 Å². The maximum Gasteiger partial charge on any atom is 0.252 e. The number of hydrogen-bond acceptors (Lipinski definition) is 7. The third-order valence-electron chi connectivity index (χ3n) is 7.72. The van der Waals surface area contributed by atoms with Crippen LogP contribution in [0, 0.1) is 0 Å². The van der Waals surface area contributed by atoms with Crippen LogP contribution in [0.3, 0.4) is 0 Å². The Morgan fingerprint density at radius 2 is 1.82 bits per heavy atom. The van der Waals surface area contributed by atoms with E-state index < -0.39 is 0 Å². The Labute approximate surface area is 257 Å². The van der Waals surface area contributed by atoms with E-state index in [1.54, 1.807) is 36.2 Å². The Morgan fingerprint density at radius 1 is 1.02 bits per heavy atom. The van der Waals surface area contributed by atoms with Gasteiger partial charge in [-0.1, -0.05) is 42.5 Å². The number of amides is 4. The summed E-state index contributed by atoms with van der Waals surface area (Å²) in [5.41, 5.74) is 2.89. The summed E-state index contributed by atoms with van der Waals surface area (Å²) in [6, 6.07) is 18.2. The molecule has 5 rings (SSSR count). The predicted molar refractivity (Wildman–Crippen MR) is 165 cm³/mol. The molecule has 3 aromatic rings. The second-order valence-electron chi connectivity index (χ2n) is 11.5. The van der Waals surface area contributed by atoms with E-state index in [1.807, 2.05) is 54.6 Å². The van der Waals surface area contributed by atoms with Crippen molar-refractivity contribution in [1.29, 1.82) is 0 Å². The summed E-state index contributed by atoms with van der Waals surface area (Å²) < 4.78 is 6.21. The van der Waals surface area contributed by atoms with Gasteiger partial charge in [0.05, 0.1) is 31.1 Å². The Balaban J connectivity index is 1.39. The van der Waals surface area contributed by atoms with Crippen molar-refractivity contribution in [3.05, 3.63) is 84.2 Å². The van der Waals surface area contributed by atoms with Crippen LogP contribution >= 0.6 is 0 Å². The van der Waals surface area contributed by atoms with Gasteiger partial charge in [0.1, 0.15) is 12.4 Å². The summed E-state index contributed by atoms with van der Waals surface area (Å²) >= 11 is 0. The van der Waals surface area contributed by atoms with E-state index in [0.717, 1.165) is 16.7 Å². The summed E-state index contributed by atoms with van der Waals surface area (Å²) in [6.45, 7) is 0.797. The number of carbonyl (C=O) groups excluding carboxylic acids is 4. The van der Waals surface area contributed by atoms with E-state index in [4.69, 9.17) is 4.74 Å². The molecule has 2 aliphatic rings. The lowest BCUT2D eigenvalue weighted by Crippen LogP contribution is -2.50. The Morgan fingerprint density at radius 3 is 2.61 bits per heavy atom. The molecule has 0 unspecified atom stereocenters. The van der Waals surface area contributed by atoms with Gasteiger partial charge in [-0.25, -0.2) is 0 Å². The first-order chi connectivity index (χ1) is 21.2. The molecule has 2 N–H and O–H groups in total. The highest BCUT2D eigenvalue weighted by molar-refractivity contribution is 5.95. The molecule has 4 amide bonds. The highest BCUT2D eigenvalue weighted by Gasteiger charge is 2.37. The number of rotatable bonds is 5. The van der Waals surface area contributed by atoms with Gasteiger partial charge < -0.3 is 30.1 Å². The average molecular weight is 599 g/mol. The van der Waals surface area contributed by atoms with E-state index in [2.05, 4.69) is 15.6 Å². The number of nitrogens with one attached hydrogen (secondary N) is 2. The van der Waals surface area contributed by atoms with E-state index in [0.29, 0.717) is 24.3 Å². The van der Waals surface area contributed by atoms with Crippen LogP contribution in [-0.4, -0.2) is 109 Å². The van der Waals surface area contributed by atoms with Crippen LogP contribution in [-0.2, 0) is 20.8 Å². The summed E-state index contributed by atoms with van der Waals surface area (Å²) in [6.07, 6.45) is 3.94. The zero-order chi connectivity index (χ0) is 31.1. The molecule has 0 radical (unpaired) electrons. The number of hydrogen-bond donors (Lipinski definition) is 2. The molecule has 44 heavy (non-hydrogen) atoms. The topological polar surface area (TPSA) is 124 Å². The molecule has 230 valence electrons. The minimum Gasteiger partial charge on any atom is -0.491 e. The van der Waals surface area contributed by atoms with Gasteiger partial charge in [0, 0.05) is 43.6 Å². The van der Waals surface area contributed by atoms with Crippen molar-refractivity contribution in [1.82, 2.24) is 30.3 Å². The molecule has 11 heteroatoms. The summed E-state index contributed by atoms with van der Waals surface area (Å²) in [4.78, 5) is 62.0. The molecule has 0 spiro atoms. The molecule has 0 aliphatic carbocycles. The number of ether oxygens (including phenoxy) is 1. The number of aromatic nitrogens is 1. The molecule has 3 heterocycles. The molecule has 1 fully saturated rings. The fourth-order valence-corrected chi connectivity index (χ4v) is 5.55. The average Bonchev–Trinajstić information content (AvgIpc) is 3.41. The lowest BCUT2D eigenvalue weighted by Gasteiger charge is -2.29. The van der Waals surface area contributed by atoms with Crippen LogP contribution in [0.4, 0.5) is 0 Å². The largest absolute Gasteiger partial charge is 0.491 e. The van der Waals surface area contributed by atoms with Gasteiger partial charge >= 0.3 is 0 Å². The second kappa shape index (κ2) is 14.1.